The fourth-order valence-corrected chi connectivity index (χ4v) is 2.30. The average molecular weight is 309 g/mol. The first kappa shape index (κ1) is 11.3. The van der Waals surface area contributed by atoms with Crippen molar-refractivity contribution < 1.29 is 14.6 Å². The molecule has 2 heterocycles. The van der Waals surface area contributed by atoms with Crippen LogP contribution >= 0.6 is 15.9 Å². The van der Waals surface area contributed by atoms with Crippen LogP contribution in [0.25, 0.3) is 0 Å². The Hall–Kier alpha value is -1.82. The minimum absolute atomic E-state index is 0.0463. The van der Waals surface area contributed by atoms with Crippen LogP contribution in [0.3, 0.4) is 0 Å². The van der Waals surface area contributed by atoms with Crippen molar-refractivity contribution in [1.82, 2.24) is 9.55 Å². The molecule has 1 aliphatic heterocycles. The maximum absolute atomic E-state index is 12.3. The van der Waals surface area contributed by atoms with E-state index in [0.29, 0.717) is 15.8 Å². The molecule has 0 fully saturated rings. The first-order valence-corrected chi connectivity index (χ1v) is 6.13. The minimum atomic E-state index is -0.406. The van der Waals surface area contributed by atoms with Crippen LogP contribution in [0.4, 0.5) is 0 Å². The Labute approximate surface area is 111 Å². The number of benzene rings is 1. The van der Waals surface area contributed by atoms with Gasteiger partial charge in [-0.25, -0.2) is 4.98 Å². The zero-order chi connectivity index (χ0) is 12.7. The van der Waals surface area contributed by atoms with Gasteiger partial charge in [0.1, 0.15) is 24.1 Å². The van der Waals surface area contributed by atoms with E-state index in [0.717, 1.165) is 0 Å². The number of halogens is 1. The third-order valence-electron chi connectivity index (χ3n) is 2.90. The van der Waals surface area contributed by atoms with Gasteiger partial charge in [-0.3, -0.25) is 4.79 Å². The van der Waals surface area contributed by atoms with Crippen LogP contribution < -0.4 is 4.74 Å². The summed E-state index contributed by atoms with van der Waals surface area (Å²) in [6.45, 7) is 0.239. The second-order valence-electron chi connectivity index (χ2n) is 4.00. The van der Waals surface area contributed by atoms with Crippen molar-refractivity contribution >= 4 is 21.7 Å². The first-order chi connectivity index (χ1) is 8.66. The molecule has 2 aromatic rings. The number of hydrogen-bond donors (Lipinski definition) is 1. The molecule has 1 aromatic heterocycles. The molecule has 92 valence electrons. The summed E-state index contributed by atoms with van der Waals surface area (Å²) in [4.78, 5) is 16.3. The van der Waals surface area contributed by atoms with Crippen molar-refractivity contribution in [1.29, 1.82) is 0 Å². The Morgan fingerprint density at radius 1 is 1.50 bits per heavy atom. The largest absolute Gasteiger partial charge is 0.507 e. The number of carbonyl (C=O) groups excluding carboxylic acids is 1. The van der Waals surface area contributed by atoms with E-state index in [4.69, 9.17) is 4.74 Å². The van der Waals surface area contributed by atoms with E-state index in [9.17, 15) is 9.90 Å². The molecule has 1 unspecified atom stereocenters. The molecule has 0 saturated heterocycles. The Kier molecular flexibility index (Phi) is 2.59. The number of aromatic nitrogens is 2. The molecule has 5 nitrogen and oxygen atoms in total. The highest BCUT2D eigenvalue weighted by Crippen LogP contribution is 2.36. The number of rotatable bonds is 1. The summed E-state index contributed by atoms with van der Waals surface area (Å²) in [5, 5.41) is 9.56. The van der Waals surface area contributed by atoms with E-state index in [1.807, 2.05) is 0 Å². The predicted octanol–water partition coefficient (Wildman–Crippen LogP) is 2.17. The van der Waals surface area contributed by atoms with E-state index in [-0.39, 0.29) is 18.1 Å². The standard InChI is InChI=1S/C12H9BrN2O3/c13-8-3-7-11(4-10(8)16)18-5-9(12(7)17)15-2-1-14-6-15/h1-4,6,9,16H,5H2. The summed E-state index contributed by atoms with van der Waals surface area (Å²) in [6.07, 6.45) is 4.94. The van der Waals surface area contributed by atoms with Crippen LogP contribution in [0.2, 0.25) is 0 Å². The number of carbonyl (C=O) groups is 1. The maximum Gasteiger partial charge on any atom is 0.192 e. The summed E-state index contributed by atoms with van der Waals surface area (Å²) in [7, 11) is 0. The van der Waals surface area contributed by atoms with Crippen molar-refractivity contribution in [3.05, 3.63) is 40.9 Å². The van der Waals surface area contributed by atoms with Crippen LogP contribution in [0.15, 0.2) is 35.3 Å². The van der Waals surface area contributed by atoms with Gasteiger partial charge in [-0.15, -0.1) is 0 Å². The molecule has 0 radical (unpaired) electrons. The summed E-state index contributed by atoms with van der Waals surface area (Å²) < 4.78 is 7.71. The van der Waals surface area contributed by atoms with Crippen molar-refractivity contribution in [2.24, 2.45) is 0 Å². The Morgan fingerprint density at radius 2 is 2.33 bits per heavy atom. The van der Waals surface area contributed by atoms with Crippen LogP contribution in [0.1, 0.15) is 16.4 Å². The van der Waals surface area contributed by atoms with Crippen LogP contribution in [-0.4, -0.2) is 27.0 Å². The zero-order valence-corrected chi connectivity index (χ0v) is 10.8. The van der Waals surface area contributed by atoms with Crippen LogP contribution in [0.5, 0.6) is 11.5 Å². The number of fused-ring (bicyclic) bond motifs is 1. The number of nitrogens with zero attached hydrogens (tertiary/aromatic N) is 2. The molecule has 0 bridgehead atoms. The summed E-state index contributed by atoms with van der Waals surface area (Å²) >= 11 is 3.19. The lowest BCUT2D eigenvalue weighted by Crippen LogP contribution is -2.29. The Balaban J connectivity index is 2.04. The summed E-state index contributed by atoms with van der Waals surface area (Å²) in [5.74, 6) is 0.426. The van der Waals surface area contributed by atoms with E-state index >= 15 is 0 Å². The third kappa shape index (κ3) is 1.69. The van der Waals surface area contributed by atoms with Crippen molar-refractivity contribution in [2.75, 3.05) is 6.61 Å². The second-order valence-corrected chi connectivity index (χ2v) is 4.86. The molecule has 1 aliphatic rings. The molecular weight excluding hydrogens is 300 g/mol. The lowest BCUT2D eigenvalue weighted by Gasteiger charge is -2.25. The number of aromatic hydroxyl groups is 1. The monoisotopic (exact) mass is 308 g/mol. The number of Topliss-reactive ketones (excluding diaryl/α,β-unsaturated/α-hetero) is 1. The van der Waals surface area contributed by atoms with Gasteiger partial charge in [0.15, 0.2) is 5.78 Å². The second kappa shape index (κ2) is 4.13. The molecule has 18 heavy (non-hydrogen) atoms. The van der Waals surface area contributed by atoms with Gasteiger partial charge >= 0.3 is 0 Å². The topological polar surface area (TPSA) is 64.3 Å². The molecule has 6 heteroatoms. The number of ketones is 1. The molecule has 3 rings (SSSR count). The molecule has 1 atom stereocenters. The third-order valence-corrected chi connectivity index (χ3v) is 3.53. The van der Waals surface area contributed by atoms with E-state index in [1.165, 1.54) is 6.07 Å². The predicted molar refractivity (Wildman–Crippen MR) is 66.9 cm³/mol. The van der Waals surface area contributed by atoms with Gasteiger partial charge < -0.3 is 14.4 Å². The highest BCUT2D eigenvalue weighted by atomic mass is 79.9. The SMILES string of the molecule is O=C1c2cc(Br)c(O)cc2OCC1n1ccnc1. The lowest BCUT2D eigenvalue weighted by molar-refractivity contribution is 0.0840. The molecule has 0 amide bonds. The van der Waals surface area contributed by atoms with Gasteiger partial charge in [0, 0.05) is 18.5 Å². The molecule has 0 saturated carbocycles. The minimum Gasteiger partial charge on any atom is -0.507 e. The quantitative estimate of drug-likeness (QED) is 0.877. The maximum atomic E-state index is 12.3. The van der Waals surface area contributed by atoms with E-state index < -0.39 is 6.04 Å². The summed E-state index contributed by atoms with van der Waals surface area (Å²) in [6, 6.07) is 2.62. The average Bonchev–Trinajstić information content (AvgIpc) is 2.86. The van der Waals surface area contributed by atoms with E-state index in [2.05, 4.69) is 20.9 Å². The Morgan fingerprint density at radius 3 is 3.06 bits per heavy atom. The number of ether oxygens (including phenoxy) is 1. The normalized spacial score (nSPS) is 18.3. The van der Waals surface area contributed by atoms with Gasteiger partial charge in [0.05, 0.1) is 16.4 Å². The molecule has 1 N–H and O–H groups in total. The molecular formula is C12H9BrN2O3. The van der Waals surface area contributed by atoms with Crippen molar-refractivity contribution in [2.45, 2.75) is 6.04 Å². The van der Waals surface area contributed by atoms with Gasteiger partial charge in [-0.05, 0) is 22.0 Å². The fraction of sp³-hybridized carbons (Fsp3) is 0.167. The number of imidazole rings is 1. The lowest BCUT2D eigenvalue weighted by atomic mass is 10.0. The van der Waals surface area contributed by atoms with Gasteiger partial charge in [0.2, 0.25) is 0 Å². The first-order valence-electron chi connectivity index (χ1n) is 5.34. The van der Waals surface area contributed by atoms with Crippen molar-refractivity contribution in [3.63, 3.8) is 0 Å². The number of hydrogen-bond acceptors (Lipinski definition) is 4. The van der Waals surface area contributed by atoms with E-state index in [1.54, 1.807) is 29.4 Å². The van der Waals surface area contributed by atoms with Crippen LogP contribution in [-0.2, 0) is 0 Å². The van der Waals surface area contributed by atoms with Gasteiger partial charge in [-0.1, -0.05) is 0 Å². The summed E-state index contributed by atoms with van der Waals surface area (Å²) in [5.41, 5.74) is 0.463. The molecule has 0 aliphatic carbocycles. The number of phenols is 1. The van der Waals surface area contributed by atoms with Gasteiger partial charge in [-0.2, -0.15) is 0 Å². The highest BCUT2D eigenvalue weighted by Gasteiger charge is 2.30. The zero-order valence-electron chi connectivity index (χ0n) is 9.21. The highest BCUT2D eigenvalue weighted by molar-refractivity contribution is 9.10. The fourth-order valence-electron chi connectivity index (χ4n) is 1.95. The molecule has 1 aromatic carbocycles. The number of phenolic OH excluding ortho intramolecular Hbond substituents is 1. The Bertz CT molecular complexity index is 610. The van der Waals surface area contributed by atoms with Crippen molar-refractivity contribution in [3.8, 4) is 11.5 Å². The van der Waals surface area contributed by atoms with Gasteiger partial charge in [0.25, 0.3) is 0 Å². The molecule has 0 spiro atoms. The van der Waals surface area contributed by atoms with Crippen LogP contribution in [0, 0.1) is 0 Å². The smallest absolute Gasteiger partial charge is 0.192 e.